The van der Waals surface area contributed by atoms with E-state index in [9.17, 15) is 14.4 Å². The van der Waals surface area contributed by atoms with Crippen molar-refractivity contribution in [2.75, 3.05) is 7.11 Å². The lowest BCUT2D eigenvalue weighted by atomic mass is 9.87. The molecule has 0 spiro atoms. The van der Waals surface area contributed by atoms with Gasteiger partial charge in [0.25, 0.3) is 0 Å². The maximum absolute atomic E-state index is 12.1. The van der Waals surface area contributed by atoms with Crippen LogP contribution >= 0.6 is 0 Å². The molecule has 2 atom stereocenters. The monoisotopic (exact) mass is 350 g/mol. The van der Waals surface area contributed by atoms with Gasteiger partial charge < -0.3 is 4.74 Å². The third-order valence-corrected chi connectivity index (χ3v) is 5.13. The van der Waals surface area contributed by atoms with Gasteiger partial charge in [0.2, 0.25) is 0 Å². The van der Waals surface area contributed by atoms with Crippen molar-refractivity contribution in [3.8, 4) is 0 Å². The molecule has 0 aromatic heterocycles. The fraction of sp³-hybridized carbons (Fsp3) is 0.762. The number of unbranched alkanes of at least 4 members (excludes halogenated alkanes) is 3. The second-order valence-electron chi connectivity index (χ2n) is 7.08. The molecule has 0 heterocycles. The van der Waals surface area contributed by atoms with Crippen molar-refractivity contribution in [2.45, 2.75) is 84.0 Å². The summed E-state index contributed by atoms with van der Waals surface area (Å²) in [5.74, 6) is 0.971. The Balaban J connectivity index is 2.27. The number of Topliss-reactive ketones (excluding diaryl/α,β-unsaturated/α-hetero) is 2. The van der Waals surface area contributed by atoms with E-state index in [2.05, 4.69) is 23.8 Å². The highest BCUT2D eigenvalue weighted by atomic mass is 16.5. The molecule has 0 saturated heterocycles. The SMILES string of the molecule is CCCCCC(=O)CCC1CCC(=O)[C@@H]1CC=CCCCC(=O)OC. The second kappa shape index (κ2) is 12.8. The fourth-order valence-electron chi connectivity index (χ4n) is 3.52. The molecule has 142 valence electrons. The maximum Gasteiger partial charge on any atom is 0.305 e. The number of carbonyl (C=O) groups is 3. The summed E-state index contributed by atoms with van der Waals surface area (Å²) in [7, 11) is 1.40. The molecule has 1 fully saturated rings. The average Bonchev–Trinajstić information content (AvgIpc) is 2.96. The first kappa shape index (κ1) is 21.6. The Hall–Kier alpha value is -1.45. The van der Waals surface area contributed by atoms with Gasteiger partial charge in [-0.15, -0.1) is 0 Å². The van der Waals surface area contributed by atoms with Crippen LogP contribution in [-0.2, 0) is 19.1 Å². The Bertz CT molecular complexity index is 453. The molecule has 0 aliphatic heterocycles. The van der Waals surface area contributed by atoms with Crippen molar-refractivity contribution < 1.29 is 19.1 Å². The van der Waals surface area contributed by atoms with Crippen molar-refractivity contribution in [3.05, 3.63) is 12.2 Å². The molecule has 0 aromatic rings. The molecular formula is C21H34O4. The molecule has 1 aliphatic rings. The molecule has 1 rings (SSSR count). The van der Waals surface area contributed by atoms with E-state index in [0.717, 1.165) is 51.4 Å². The lowest BCUT2D eigenvalue weighted by Gasteiger charge is -2.16. The first-order chi connectivity index (χ1) is 12.1. The van der Waals surface area contributed by atoms with Crippen LogP contribution in [-0.4, -0.2) is 24.6 Å². The van der Waals surface area contributed by atoms with Gasteiger partial charge in [-0.3, -0.25) is 14.4 Å². The summed E-state index contributed by atoms with van der Waals surface area (Å²) in [6, 6.07) is 0. The van der Waals surface area contributed by atoms with Crippen molar-refractivity contribution >= 4 is 17.5 Å². The van der Waals surface area contributed by atoms with Gasteiger partial charge in [0, 0.05) is 31.6 Å². The van der Waals surface area contributed by atoms with Crippen LogP contribution in [0, 0.1) is 11.8 Å². The van der Waals surface area contributed by atoms with E-state index < -0.39 is 0 Å². The molecule has 0 N–H and O–H groups in total. The number of carbonyl (C=O) groups excluding carboxylic acids is 3. The van der Waals surface area contributed by atoms with Crippen LogP contribution < -0.4 is 0 Å². The molecule has 25 heavy (non-hydrogen) atoms. The van der Waals surface area contributed by atoms with Gasteiger partial charge in [-0.1, -0.05) is 31.9 Å². The molecule has 0 aromatic carbocycles. The molecule has 1 unspecified atom stereocenters. The molecule has 4 heteroatoms. The molecule has 0 amide bonds. The van der Waals surface area contributed by atoms with Crippen LogP contribution in [0.2, 0.25) is 0 Å². The number of hydrogen-bond acceptors (Lipinski definition) is 4. The number of ether oxygens (including phenoxy) is 1. The lowest BCUT2D eigenvalue weighted by Crippen LogP contribution is -2.15. The number of allylic oxidation sites excluding steroid dienone is 2. The standard InChI is InChI=1S/C21H34O4/c1-3-4-7-10-18(22)15-13-17-14-16-20(23)19(17)11-8-5-6-9-12-21(24)25-2/h5,8,17,19H,3-4,6-7,9-16H2,1-2H3/t17?,19-/m1/s1. The van der Waals surface area contributed by atoms with Gasteiger partial charge in [-0.25, -0.2) is 0 Å². The minimum Gasteiger partial charge on any atom is -0.469 e. The van der Waals surface area contributed by atoms with E-state index in [4.69, 9.17) is 0 Å². The van der Waals surface area contributed by atoms with Crippen LogP contribution in [0.1, 0.15) is 84.0 Å². The quantitative estimate of drug-likeness (QED) is 0.272. The summed E-state index contributed by atoms with van der Waals surface area (Å²) in [6.45, 7) is 2.14. The lowest BCUT2D eigenvalue weighted by molar-refractivity contribution is -0.140. The highest BCUT2D eigenvalue weighted by Crippen LogP contribution is 2.35. The maximum atomic E-state index is 12.1. The predicted octanol–water partition coefficient (Wildman–Crippen LogP) is 4.80. The number of esters is 1. The minimum atomic E-state index is -0.178. The largest absolute Gasteiger partial charge is 0.469 e. The first-order valence-electron chi connectivity index (χ1n) is 9.84. The summed E-state index contributed by atoms with van der Waals surface area (Å²) in [6.07, 6.45) is 14.0. The van der Waals surface area contributed by atoms with Gasteiger partial charge >= 0.3 is 5.97 Å². The van der Waals surface area contributed by atoms with Crippen molar-refractivity contribution in [2.24, 2.45) is 11.8 Å². The summed E-state index contributed by atoms with van der Waals surface area (Å²) in [5, 5.41) is 0. The molecule has 1 saturated carbocycles. The first-order valence-corrected chi connectivity index (χ1v) is 9.84. The fourth-order valence-corrected chi connectivity index (χ4v) is 3.52. The zero-order valence-corrected chi connectivity index (χ0v) is 15.9. The predicted molar refractivity (Wildman–Crippen MR) is 99.2 cm³/mol. The zero-order valence-electron chi connectivity index (χ0n) is 15.9. The molecule has 0 radical (unpaired) electrons. The molecule has 4 nitrogen and oxygen atoms in total. The second-order valence-corrected chi connectivity index (χ2v) is 7.08. The van der Waals surface area contributed by atoms with Crippen LogP contribution in [0.15, 0.2) is 12.2 Å². The molecule has 1 aliphatic carbocycles. The third kappa shape index (κ3) is 8.99. The number of rotatable bonds is 13. The van der Waals surface area contributed by atoms with Crippen LogP contribution in [0.4, 0.5) is 0 Å². The van der Waals surface area contributed by atoms with E-state index in [1.54, 1.807) is 0 Å². The Labute approximate surface area is 152 Å². The topological polar surface area (TPSA) is 60.4 Å². The summed E-state index contributed by atoms with van der Waals surface area (Å²) >= 11 is 0. The van der Waals surface area contributed by atoms with Crippen LogP contribution in [0.3, 0.4) is 0 Å². The minimum absolute atomic E-state index is 0.0836. The van der Waals surface area contributed by atoms with Crippen LogP contribution in [0.25, 0.3) is 0 Å². The van der Waals surface area contributed by atoms with E-state index in [0.29, 0.717) is 43.2 Å². The number of methoxy groups -OCH3 is 1. The van der Waals surface area contributed by atoms with E-state index in [1.807, 2.05) is 0 Å². The average molecular weight is 350 g/mol. The smallest absolute Gasteiger partial charge is 0.305 e. The summed E-state index contributed by atoms with van der Waals surface area (Å²) in [4.78, 5) is 35.1. The third-order valence-electron chi connectivity index (χ3n) is 5.13. The van der Waals surface area contributed by atoms with Crippen molar-refractivity contribution in [3.63, 3.8) is 0 Å². The Morgan fingerprint density at radius 1 is 1.12 bits per heavy atom. The van der Waals surface area contributed by atoms with Crippen LogP contribution in [0.5, 0.6) is 0 Å². The number of hydrogen-bond donors (Lipinski definition) is 0. The van der Waals surface area contributed by atoms with Gasteiger partial charge in [-0.05, 0) is 44.4 Å². The van der Waals surface area contributed by atoms with E-state index in [1.165, 1.54) is 7.11 Å². The summed E-state index contributed by atoms with van der Waals surface area (Å²) < 4.78 is 4.61. The molecule has 0 bridgehead atoms. The molecular weight excluding hydrogens is 316 g/mol. The van der Waals surface area contributed by atoms with Gasteiger partial charge in [-0.2, -0.15) is 0 Å². The normalized spacial score (nSPS) is 20.3. The van der Waals surface area contributed by atoms with Gasteiger partial charge in [0.1, 0.15) is 11.6 Å². The highest BCUT2D eigenvalue weighted by molar-refractivity contribution is 5.84. The van der Waals surface area contributed by atoms with Gasteiger partial charge in [0.05, 0.1) is 7.11 Å². The Morgan fingerprint density at radius 3 is 2.64 bits per heavy atom. The van der Waals surface area contributed by atoms with E-state index in [-0.39, 0.29) is 11.9 Å². The highest BCUT2D eigenvalue weighted by Gasteiger charge is 2.33. The van der Waals surface area contributed by atoms with Crippen molar-refractivity contribution in [1.29, 1.82) is 0 Å². The van der Waals surface area contributed by atoms with E-state index >= 15 is 0 Å². The Morgan fingerprint density at radius 2 is 1.92 bits per heavy atom. The number of ketones is 2. The van der Waals surface area contributed by atoms with Gasteiger partial charge in [0.15, 0.2) is 0 Å². The van der Waals surface area contributed by atoms with Crippen molar-refractivity contribution in [1.82, 2.24) is 0 Å². The zero-order chi connectivity index (χ0) is 18.5. The summed E-state index contributed by atoms with van der Waals surface area (Å²) in [5.41, 5.74) is 0. The Kier molecular flexibility index (Phi) is 11.1.